The number of halogens is 2. The van der Waals surface area contributed by atoms with Crippen molar-refractivity contribution in [1.82, 2.24) is 4.31 Å². The number of hydrogen-bond acceptors (Lipinski definition) is 3. The molecule has 110 valence electrons. The van der Waals surface area contributed by atoms with Crippen LogP contribution in [0.15, 0.2) is 27.6 Å². The lowest BCUT2D eigenvalue weighted by Gasteiger charge is -2.20. The molecule has 0 bridgehead atoms. The molecule has 1 saturated heterocycles. The maximum atomic E-state index is 13.9. The summed E-state index contributed by atoms with van der Waals surface area (Å²) in [4.78, 5) is 10.7. The highest BCUT2D eigenvalue weighted by Gasteiger charge is 2.45. The van der Waals surface area contributed by atoms with Gasteiger partial charge in [-0.15, -0.1) is 0 Å². The van der Waals surface area contributed by atoms with Crippen LogP contribution in [-0.2, 0) is 14.8 Å². The van der Waals surface area contributed by atoms with Crippen LogP contribution in [0.1, 0.15) is 13.3 Å². The molecule has 0 saturated carbocycles. The highest BCUT2D eigenvalue weighted by Crippen LogP contribution is 2.35. The van der Waals surface area contributed by atoms with Crippen molar-refractivity contribution in [2.24, 2.45) is 5.41 Å². The van der Waals surface area contributed by atoms with Gasteiger partial charge in [-0.2, -0.15) is 4.31 Å². The molecule has 1 aromatic carbocycles. The molecule has 2 rings (SSSR count). The third-order valence-corrected chi connectivity index (χ3v) is 5.96. The van der Waals surface area contributed by atoms with Crippen molar-refractivity contribution in [2.45, 2.75) is 18.2 Å². The van der Waals surface area contributed by atoms with Crippen LogP contribution in [0.5, 0.6) is 0 Å². The zero-order valence-corrected chi connectivity index (χ0v) is 13.0. The maximum absolute atomic E-state index is 13.9. The third kappa shape index (κ3) is 2.47. The van der Waals surface area contributed by atoms with Crippen LogP contribution < -0.4 is 0 Å². The van der Waals surface area contributed by atoms with Gasteiger partial charge >= 0.3 is 5.97 Å². The summed E-state index contributed by atoms with van der Waals surface area (Å²) in [5.74, 6) is -1.92. The minimum absolute atomic E-state index is 0.0544. The molecule has 1 N–H and O–H groups in total. The first-order chi connectivity index (χ1) is 9.18. The van der Waals surface area contributed by atoms with Crippen LogP contribution in [0.3, 0.4) is 0 Å². The van der Waals surface area contributed by atoms with Gasteiger partial charge in [-0.05, 0) is 41.4 Å². The Kier molecular flexibility index (Phi) is 3.92. The van der Waals surface area contributed by atoms with E-state index in [-0.39, 0.29) is 24.0 Å². The predicted molar refractivity (Wildman–Crippen MR) is 73.2 cm³/mol. The van der Waals surface area contributed by atoms with E-state index in [0.717, 1.165) is 4.31 Å². The second kappa shape index (κ2) is 5.09. The number of rotatable bonds is 3. The van der Waals surface area contributed by atoms with E-state index in [9.17, 15) is 17.6 Å². The first-order valence-corrected chi connectivity index (χ1v) is 8.09. The molecule has 1 aliphatic heterocycles. The zero-order valence-electron chi connectivity index (χ0n) is 10.6. The lowest BCUT2D eigenvalue weighted by atomic mass is 9.90. The molecule has 0 aromatic heterocycles. The van der Waals surface area contributed by atoms with Crippen molar-refractivity contribution in [3.05, 3.63) is 28.5 Å². The molecule has 20 heavy (non-hydrogen) atoms. The fourth-order valence-corrected chi connectivity index (χ4v) is 4.27. The standard InChI is InChI=1S/C12H13BrFNO4S/c1-12(11(16)17)5-6-15(7-12)20(18,19)9-4-2-3-8(13)10(9)14/h2-4H,5-7H2,1H3,(H,16,17). The Bertz CT molecular complexity index is 663. The molecule has 1 unspecified atom stereocenters. The van der Waals surface area contributed by atoms with Crippen LogP contribution >= 0.6 is 15.9 Å². The van der Waals surface area contributed by atoms with E-state index in [4.69, 9.17) is 5.11 Å². The van der Waals surface area contributed by atoms with Crippen molar-refractivity contribution < 1.29 is 22.7 Å². The Labute approximate surface area is 124 Å². The molecule has 1 atom stereocenters. The summed E-state index contributed by atoms with van der Waals surface area (Å²) in [6.45, 7) is 1.40. The van der Waals surface area contributed by atoms with E-state index >= 15 is 0 Å². The van der Waals surface area contributed by atoms with Crippen molar-refractivity contribution in [3.63, 3.8) is 0 Å². The number of carbonyl (C=O) groups is 1. The second-order valence-corrected chi connectivity index (χ2v) is 7.77. The minimum Gasteiger partial charge on any atom is -0.481 e. The summed E-state index contributed by atoms with van der Waals surface area (Å²) in [7, 11) is -4.03. The predicted octanol–water partition coefficient (Wildman–Crippen LogP) is 2.07. The summed E-state index contributed by atoms with van der Waals surface area (Å²) in [6, 6.07) is 4.00. The molecule has 1 heterocycles. The van der Waals surface area contributed by atoms with E-state index in [1.54, 1.807) is 0 Å². The Hall–Kier alpha value is -0.990. The Morgan fingerprint density at radius 2 is 2.15 bits per heavy atom. The second-order valence-electron chi connectivity index (χ2n) is 5.01. The maximum Gasteiger partial charge on any atom is 0.310 e. The number of aliphatic carboxylic acids is 1. The number of hydrogen-bond donors (Lipinski definition) is 1. The minimum atomic E-state index is -4.03. The van der Waals surface area contributed by atoms with Crippen molar-refractivity contribution in [3.8, 4) is 0 Å². The molecule has 0 aliphatic carbocycles. The molecule has 8 heteroatoms. The van der Waals surface area contributed by atoms with E-state index in [1.807, 2.05) is 0 Å². The normalized spacial score (nSPS) is 23.9. The average Bonchev–Trinajstić information content (AvgIpc) is 2.77. The first-order valence-electron chi connectivity index (χ1n) is 5.86. The van der Waals surface area contributed by atoms with Gasteiger partial charge in [0.2, 0.25) is 10.0 Å². The fourth-order valence-electron chi connectivity index (χ4n) is 2.12. The SMILES string of the molecule is CC1(C(=O)O)CCN(S(=O)(=O)c2cccc(Br)c2F)C1. The fraction of sp³-hybridized carbons (Fsp3) is 0.417. The van der Waals surface area contributed by atoms with Gasteiger partial charge in [0.05, 0.1) is 9.89 Å². The summed E-state index contributed by atoms with van der Waals surface area (Å²) < 4.78 is 39.8. The summed E-state index contributed by atoms with van der Waals surface area (Å²) >= 11 is 2.94. The monoisotopic (exact) mass is 365 g/mol. The quantitative estimate of drug-likeness (QED) is 0.889. The topological polar surface area (TPSA) is 74.7 Å². The van der Waals surface area contributed by atoms with Gasteiger partial charge in [-0.3, -0.25) is 4.79 Å². The Morgan fingerprint density at radius 1 is 1.50 bits per heavy atom. The molecule has 1 fully saturated rings. The number of nitrogens with zero attached hydrogens (tertiary/aromatic N) is 1. The molecule has 0 amide bonds. The van der Waals surface area contributed by atoms with Crippen molar-refractivity contribution >= 4 is 31.9 Å². The van der Waals surface area contributed by atoms with E-state index in [0.29, 0.717) is 0 Å². The molecule has 5 nitrogen and oxygen atoms in total. The summed E-state index contributed by atoms with van der Waals surface area (Å²) in [6.07, 6.45) is 0.206. The first kappa shape index (κ1) is 15.4. The van der Waals surface area contributed by atoms with Gasteiger partial charge in [0.25, 0.3) is 0 Å². The van der Waals surface area contributed by atoms with Crippen LogP contribution in [0.25, 0.3) is 0 Å². The van der Waals surface area contributed by atoms with Gasteiger partial charge in [0.1, 0.15) is 4.90 Å². The van der Waals surface area contributed by atoms with Crippen molar-refractivity contribution in [2.75, 3.05) is 13.1 Å². The third-order valence-electron chi connectivity index (χ3n) is 3.49. The van der Waals surface area contributed by atoms with Gasteiger partial charge in [0, 0.05) is 13.1 Å². The van der Waals surface area contributed by atoms with Crippen LogP contribution in [-0.4, -0.2) is 36.9 Å². The molecule has 0 spiro atoms. The zero-order chi connectivity index (χ0) is 15.1. The van der Waals surface area contributed by atoms with Gasteiger partial charge in [-0.1, -0.05) is 6.07 Å². The van der Waals surface area contributed by atoms with Crippen LogP contribution in [0, 0.1) is 11.2 Å². The smallest absolute Gasteiger partial charge is 0.310 e. The van der Waals surface area contributed by atoms with Gasteiger partial charge < -0.3 is 5.11 Å². The van der Waals surface area contributed by atoms with E-state index < -0.39 is 32.1 Å². The Morgan fingerprint density at radius 3 is 2.70 bits per heavy atom. The van der Waals surface area contributed by atoms with Crippen LogP contribution in [0.2, 0.25) is 0 Å². The van der Waals surface area contributed by atoms with Gasteiger partial charge in [-0.25, -0.2) is 12.8 Å². The van der Waals surface area contributed by atoms with E-state index in [2.05, 4.69) is 15.9 Å². The highest BCUT2D eigenvalue weighted by atomic mass is 79.9. The van der Waals surface area contributed by atoms with Gasteiger partial charge in [0.15, 0.2) is 5.82 Å². The lowest BCUT2D eigenvalue weighted by molar-refractivity contribution is -0.146. The lowest BCUT2D eigenvalue weighted by Crippen LogP contribution is -2.35. The molecular formula is C12H13BrFNO4S. The number of carboxylic acids is 1. The van der Waals surface area contributed by atoms with E-state index in [1.165, 1.54) is 25.1 Å². The van der Waals surface area contributed by atoms with Crippen LogP contribution in [0.4, 0.5) is 4.39 Å². The molecule has 0 radical (unpaired) electrons. The molecule has 1 aromatic rings. The number of carboxylic acid groups (broad SMARTS) is 1. The summed E-state index contributed by atoms with van der Waals surface area (Å²) in [5, 5.41) is 9.12. The number of benzene rings is 1. The average molecular weight is 366 g/mol. The Balaban J connectivity index is 2.38. The molecular weight excluding hydrogens is 353 g/mol. The number of sulfonamides is 1. The molecule has 1 aliphatic rings. The summed E-state index contributed by atoms with van der Waals surface area (Å²) in [5.41, 5.74) is -1.13. The van der Waals surface area contributed by atoms with Crippen molar-refractivity contribution in [1.29, 1.82) is 0 Å². The largest absolute Gasteiger partial charge is 0.481 e. The highest BCUT2D eigenvalue weighted by molar-refractivity contribution is 9.10.